The van der Waals surface area contributed by atoms with Crippen LogP contribution < -0.4 is 10.2 Å². The highest BCUT2D eigenvalue weighted by Crippen LogP contribution is 2.36. The number of hydrogen-bond donors (Lipinski definition) is 2. The van der Waals surface area contributed by atoms with Crippen LogP contribution in [0.25, 0.3) is 0 Å². The Labute approximate surface area is 177 Å². The number of aliphatic hydroxyl groups is 1. The van der Waals surface area contributed by atoms with Crippen LogP contribution in [0.2, 0.25) is 0 Å². The maximum absolute atomic E-state index is 13.5. The molecule has 160 valence electrons. The molecule has 31 heavy (non-hydrogen) atoms. The first-order valence-corrected chi connectivity index (χ1v) is 9.84. The van der Waals surface area contributed by atoms with Gasteiger partial charge in [-0.2, -0.15) is 0 Å². The van der Waals surface area contributed by atoms with Crippen LogP contribution >= 0.6 is 0 Å². The van der Waals surface area contributed by atoms with Crippen molar-refractivity contribution in [2.75, 3.05) is 24.6 Å². The van der Waals surface area contributed by atoms with E-state index < -0.39 is 17.5 Å². The molecule has 0 radical (unpaired) electrons. The molecule has 0 unspecified atom stereocenters. The van der Waals surface area contributed by atoms with Crippen molar-refractivity contribution in [3.63, 3.8) is 0 Å². The van der Waals surface area contributed by atoms with Gasteiger partial charge in [0.25, 0.3) is 5.91 Å². The first kappa shape index (κ1) is 20.9. The van der Waals surface area contributed by atoms with Gasteiger partial charge in [0.2, 0.25) is 0 Å². The summed E-state index contributed by atoms with van der Waals surface area (Å²) in [6, 6.07) is 11.1. The molecule has 0 fully saturated rings. The molecule has 1 amide bonds. The lowest BCUT2D eigenvalue weighted by atomic mass is 10.0. The summed E-state index contributed by atoms with van der Waals surface area (Å²) in [5.74, 6) is -4.18. The molecule has 2 aromatic carbocycles. The molecule has 0 saturated carbocycles. The average molecular weight is 427 g/mol. The van der Waals surface area contributed by atoms with Gasteiger partial charge >= 0.3 is 0 Å². The van der Waals surface area contributed by atoms with E-state index in [4.69, 9.17) is 5.11 Å². The number of amides is 1. The van der Waals surface area contributed by atoms with E-state index >= 15 is 0 Å². The number of aromatic nitrogens is 1. The molecule has 4 rings (SSSR count). The molecule has 0 bridgehead atoms. The summed E-state index contributed by atoms with van der Waals surface area (Å²) in [5, 5.41) is 11.6. The molecule has 5 nitrogen and oxygen atoms in total. The number of aliphatic hydroxyl groups excluding tert-OH is 1. The van der Waals surface area contributed by atoms with Crippen molar-refractivity contribution in [1.82, 2.24) is 10.3 Å². The number of hydrogen-bond acceptors (Lipinski definition) is 4. The van der Waals surface area contributed by atoms with E-state index in [1.165, 1.54) is 0 Å². The molecule has 2 heterocycles. The summed E-state index contributed by atoms with van der Waals surface area (Å²) in [6.45, 7) is 0.710. The Balaban J connectivity index is 1.60. The van der Waals surface area contributed by atoms with Crippen molar-refractivity contribution in [1.29, 1.82) is 0 Å². The average Bonchev–Trinajstić information content (AvgIpc) is 3.20. The first-order valence-electron chi connectivity index (χ1n) is 9.84. The molecule has 1 aliphatic heterocycles. The van der Waals surface area contributed by atoms with Crippen molar-refractivity contribution in [3.05, 3.63) is 88.5 Å². The second-order valence-corrected chi connectivity index (χ2v) is 7.24. The van der Waals surface area contributed by atoms with E-state index in [-0.39, 0.29) is 31.0 Å². The van der Waals surface area contributed by atoms with Crippen LogP contribution in [0.3, 0.4) is 0 Å². The van der Waals surface area contributed by atoms with Crippen LogP contribution in [0.1, 0.15) is 27.2 Å². The van der Waals surface area contributed by atoms with Crippen molar-refractivity contribution in [2.24, 2.45) is 0 Å². The molecule has 0 atom stereocenters. The van der Waals surface area contributed by atoms with Crippen LogP contribution in [0.4, 0.5) is 24.5 Å². The minimum atomic E-state index is -1.49. The fraction of sp³-hybridized carbons (Fsp3) is 0.217. The number of pyridine rings is 1. The number of carbonyl (C=O) groups excluding carboxylic acids is 1. The maximum atomic E-state index is 13.5. The number of nitrogens with one attached hydrogen (secondary N) is 1. The Morgan fingerprint density at radius 3 is 2.65 bits per heavy atom. The highest BCUT2D eigenvalue weighted by Gasteiger charge is 2.25. The van der Waals surface area contributed by atoms with Gasteiger partial charge in [-0.05, 0) is 53.9 Å². The number of benzene rings is 2. The number of fused-ring (bicyclic) bond motifs is 1. The monoisotopic (exact) mass is 427 g/mol. The normalized spacial score (nSPS) is 12.7. The topological polar surface area (TPSA) is 65.5 Å². The molecule has 1 aromatic heterocycles. The van der Waals surface area contributed by atoms with E-state index in [1.807, 2.05) is 18.2 Å². The van der Waals surface area contributed by atoms with Gasteiger partial charge in [-0.25, -0.2) is 13.2 Å². The smallest absolute Gasteiger partial charge is 0.251 e. The molecular weight excluding hydrogens is 407 g/mol. The van der Waals surface area contributed by atoms with E-state index in [1.54, 1.807) is 18.3 Å². The highest BCUT2D eigenvalue weighted by atomic mass is 19.2. The van der Waals surface area contributed by atoms with Gasteiger partial charge in [0.05, 0.1) is 6.61 Å². The Bertz CT molecular complexity index is 1110. The van der Waals surface area contributed by atoms with Crippen LogP contribution in [0.15, 0.2) is 48.7 Å². The highest BCUT2D eigenvalue weighted by molar-refractivity contribution is 5.98. The predicted octanol–water partition coefficient (Wildman–Crippen LogP) is 3.51. The summed E-state index contributed by atoms with van der Waals surface area (Å²) in [6.07, 6.45) is 2.42. The van der Waals surface area contributed by atoms with E-state index in [9.17, 15) is 18.0 Å². The maximum Gasteiger partial charge on any atom is 0.251 e. The molecule has 3 aromatic rings. The van der Waals surface area contributed by atoms with Crippen molar-refractivity contribution < 1.29 is 23.1 Å². The van der Waals surface area contributed by atoms with Gasteiger partial charge in [-0.15, -0.1) is 0 Å². The summed E-state index contributed by atoms with van der Waals surface area (Å²) >= 11 is 0. The molecule has 1 aliphatic rings. The molecule has 8 heteroatoms. The predicted molar refractivity (Wildman–Crippen MR) is 110 cm³/mol. The van der Waals surface area contributed by atoms with Gasteiger partial charge in [-0.1, -0.05) is 6.07 Å². The Morgan fingerprint density at radius 2 is 1.90 bits per heavy atom. The van der Waals surface area contributed by atoms with Gasteiger partial charge in [0.1, 0.15) is 0 Å². The molecule has 0 aliphatic carbocycles. The number of anilines is 2. The third-order valence-corrected chi connectivity index (χ3v) is 5.21. The standard InChI is InChI=1S/C23H20F3N3O2/c24-19-11-14(12-20(25)22(19)26)10-15-13-16(4-6-27-15)29-8-5-17-18(2-1-3-21(17)29)23(31)28-7-9-30/h1-4,6,11-13,30H,5,7-10H2,(H,28,31). The SMILES string of the molecule is O=C(NCCO)c1cccc2c1CCN2c1ccnc(Cc2cc(F)c(F)c(F)c2)c1. The second-order valence-electron chi connectivity index (χ2n) is 7.24. The fourth-order valence-electron chi connectivity index (χ4n) is 3.83. The van der Waals surface area contributed by atoms with E-state index in [2.05, 4.69) is 15.2 Å². The van der Waals surface area contributed by atoms with E-state index in [0.29, 0.717) is 24.2 Å². The third-order valence-electron chi connectivity index (χ3n) is 5.21. The summed E-state index contributed by atoms with van der Waals surface area (Å²) in [5.41, 5.74) is 4.07. The Kier molecular flexibility index (Phi) is 5.90. The van der Waals surface area contributed by atoms with Crippen LogP contribution in [0, 0.1) is 17.5 Å². The number of carbonyl (C=O) groups is 1. The molecular formula is C23H20F3N3O2. The zero-order chi connectivity index (χ0) is 22.0. The van der Waals surface area contributed by atoms with Gasteiger partial charge in [0.15, 0.2) is 17.5 Å². The zero-order valence-electron chi connectivity index (χ0n) is 16.5. The number of halogens is 3. The van der Waals surface area contributed by atoms with Crippen LogP contribution in [0.5, 0.6) is 0 Å². The molecule has 2 N–H and O–H groups in total. The summed E-state index contributed by atoms with van der Waals surface area (Å²) < 4.78 is 40.3. The van der Waals surface area contributed by atoms with Crippen molar-refractivity contribution >= 4 is 17.3 Å². The lowest BCUT2D eigenvalue weighted by Crippen LogP contribution is -2.27. The van der Waals surface area contributed by atoms with Gasteiger partial charge in [-0.3, -0.25) is 9.78 Å². The van der Waals surface area contributed by atoms with Crippen molar-refractivity contribution in [3.8, 4) is 0 Å². The minimum Gasteiger partial charge on any atom is -0.395 e. The quantitative estimate of drug-likeness (QED) is 0.591. The minimum absolute atomic E-state index is 0.130. The van der Waals surface area contributed by atoms with Crippen molar-refractivity contribution in [2.45, 2.75) is 12.8 Å². The second kappa shape index (κ2) is 8.77. The zero-order valence-corrected chi connectivity index (χ0v) is 16.5. The largest absolute Gasteiger partial charge is 0.395 e. The van der Waals surface area contributed by atoms with Gasteiger partial charge in [0, 0.05) is 48.3 Å². The lowest BCUT2D eigenvalue weighted by molar-refractivity contribution is 0.0944. The number of rotatable bonds is 6. The third kappa shape index (κ3) is 4.25. The van der Waals surface area contributed by atoms with Crippen LogP contribution in [-0.2, 0) is 12.8 Å². The van der Waals surface area contributed by atoms with Crippen LogP contribution in [-0.4, -0.2) is 35.7 Å². The molecule has 0 spiro atoms. The molecule has 0 saturated heterocycles. The first-order chi connectivity index (χ1) is 15.0. The fourth-order valence-corrected chi connectivity index (χ4v) is 3.83. The van der Waals surface area contributed by atoms with E-state index in [0.717, 1.165) is 29.1 Å². The lowest BCUT2D eigenvalue weighted by Gasteiger charge is -2.20. The summed E-state index contributed by atoms with van der Waals surface area (Å²) in [7, 11) is 0. The summed E-state index contributed by atoms with van der Waals surface area (Å²) in [4.78, 5) is 18.7. The number of nitrogens with zero attached hydrogens (tertiary/aromatic N) is 2. The van der Waals surface area contributed by atoms with Gasteiger partial charge < -0.3 is 15.3 Å². The Morgan fingerprint density at radius 1 is 1.13 bits per heavy atom. The Hall–Kier alpha value is -3.39.